The van der Waals surface area contributed by atoms with Crippen LogP contribution in [0.3, 0.4) is 0 Å². The van der Waals surface area contributed by atoms with Gasteiger partial charge in [0.05, 0.1) is 7.11 Å². The number of halogens is 1. The highest BCUT2D eigenvalue weighted by Gasteiger charge is 2.10. The molecule has 0 bridgehead atoms. The minimum Gasteiger partial charge on any atom is -0.494 e. The molecule has 0 unspecified atom stereocenters. The predicted octanol–water partition coefficient (Wildman–Crippen LogP) is 3.24. The van der Waals surface area contributed by atoms with Crippen molar-refractivity contribution in [3.63, 3.8) is 0 Å². The van der Waals surface area contributed by atoms with Crippen molar-refractivity contribution in [2.24, 2.45) is 5.73 Å². The van der Waals surface area contributed by atoms with E-state index in [2.05, 4.69) is 31.2 Å². The fraction of sp³-hybridized carbons (Fsp3) is 0.0625. The number of aromatic nitrogens is 2. The van der Waals surface area contributed by atoms with Crippen LogP contribution >= 0.6 is 15.9 Å². The van der Waals surface area contributed by atoms with Gasteiger partial charge in [0, 0.05) is 21.1 Å². The molecule has 0 aliphatic rings. The van der Waals surface area contributed by atoms with Crippen molar-refractivity contribution in [3.05, 3.63) is 52.8 Å². The van der Waals surface area contributed by atoms with Crippen LogP contribution in [0.5, 0.6) is 5.75 Å². The number of methoxy groups -OCH3 is 1. The molecule has 2 aromatic carbocycles. The highest BCUT2D eigenvalue weighted by Crippen LogP contribution is 2.32. The van der Waals surface area contributed by atoms with E-state index in [1.165, 1.54) is 6.33 Å². The summed E-state index contributed by atoms with van der Waals surface area (Å²) in [6.07, 6.45) is 1.47. The van der Waals surface area contributed by atoms with Crippen LogP contribution in [0.25, 0.3) is 10.9 Å². The molecule has 3 aromatic rings. The first-order valence-corrected chi connectivity index (χ1v) is 7.53. The summed E-state index contributed by atoms with van der Waals surface area (Å²) in [4.78, 5) is 19.7. The molecule has 1 heterocycles. The van der Waals surface area contributed by atoms with Crippen molar-refractivity contribution in [2.75, 3.05) is 12.4 Å². The van der Waals surface area contributed by atoms with Gasteiger partial charge in [-0.1, -0.05) is 15.9 Å². The van der Waals surface area contributed by atoms with E-state index in [0.29, 0.717) is 22.6 Å². The molecule has 0 radical (unpaired) electrons. The van der Waals surface area contributed by atoms with E-state index in [1.807, 2.05) is 12.1 Å². The number of nitrogens with one attached hydrogen (secondary N) is 1. The third-order valence-electron chi connectivity index (χ3n) is 3.32. The Balaban J connectivity index is 2.03. The summed E-state index contributed by atoms with van der Waals surface area (Å²) in [5, 5.41) is 4.03. The van der Waals surface area contributed by atoms with Crippen LogP contribution in [-0.2, 0) is 0 Å². The van der Waals surface area contributed by atoms with Crippen LogP contribution in [0.1, 0.15) is 10.4 Å². The van der Waals surface area contributed by atoms with Gasteiger partial charge in [-0.3, -0.25) is 4.79 Å². The molecule has 1 amide bonds. The summed E-state index contributed by atoms with van der Waals surface area (Å²) < 4.78 is 6.22. The number of amides is 1. The molecule has 1 aromatic heterocycles. The van der Waals surface area contributed by atoms with Gasteiger partial charge in [0.25, 0.3) is 0 Å². The molecule has 3 rings (SSSR count). The lowest BCUT2D eigenvalue weighted by molar-refractivity contribution is 0.100. The van der Waals surface area contributed by atoms with Gasteiger partial charge in [-0.2, -0.15) is 0 Å². The zero-order valence-corrected chi connectivity index (χ0v) is 13.8. The molecule has 0 fully saturated rings. The van der Waals surface area contributed by atoms with E-state index in [1.54, 1.807) is 31.4 Å². The Morgan fingerprint density at radius 1 is 1.22 bits per heavy atom. The second-order valence-electron chi connectivity index (χ2n) is 4.79. The Labute approximate surface area is 140 Å². The molecular weight excluding hydrogens is 360 g/mol. The molecule has 0 atom stereocenters. The fourth-order valence-corrected chi connectivity index (χ4v) is 2.65. The zero-order chi connectivity index (χ0) is 16.4. The van der Waals surface area contributed by atoms with Gasteiger partial charge in [0.2, 0.25) is 5.91 Å². The molecule has 7 heteroatoms. The topological polar surface area (TPSA) is 90.1 Å². The Bertz CT molecular complexity index is 881. The van der Waals surface area contributed by atoms with Gasteiger partial charge >= 0.3 is 0 Å². The maximum Gasteiger partial charge on any atom is 0.248 e. The average molecular weight is 373 g/mol. The van der Waals surface area contributed by atoms with E-state index in [4.69, 9.17) is 10.5 Å². The fourth-order valence-electron chi connectivity index (χ4n) is 2.21. The lowest BCUT2D eigenvalue weighted by atomic mass is 10.2. The van der Waals surface area contributed by atoms with E-state index in [0.717, 1.165) is 15.5 Å². The number of rotatable bonds is 4. The average Bonchev–Trinajstić information content (AvgIpc) is 2.55. The van der Waals surface area contributed by atoms with Crippen LogP contribution in [0.2, 0.25) is 0 Å². The molecule has 23 heavy (non-hydrogen) atoms. The van der Waals surface area contributed by atoms with Gasteiger partial charge < -0.3 is 15.8 Å². The van der Waals surface area contributed by atoms with Crippen LogP contribution in [0, 0.1) is 0 Å². The van der Waals surface area contributed by atoms with Crippen LogP contribution in [-0.4, -0.2) is 23.0 Å². The number of fused-ring (bicyclic) bond motifs is 1. The number of primary amides is 1. The van der Waals surface area contributed by atoms with E-state index < -0.39 is 5.91 Å². The van der Waals surface area contributed by atoms with E-state index in [-0.39, 0.29) is 0 Å². The van der Waals surface area contributed by atoms with Gasteiger partial charge in [0.15, 0.2) is 0 Å². The van der Waals surface area contributed by atoms with Crippen LogP contribution < -0.4 is 15.8 Å². The second-order valence-corrected chi connectivity index (χ2v) is 5.71. The largest absolute Gasteiger partial charge is 0.494 e. The molecule has 3 N–H and O–H groups in total. The third kappa shape index (κ3) is 3.09. The summed E-state index contributed by atoms with van der Waals surface area (Å²) in [7, 11) is 1.60. The minimum atomic E-state index is -0.460. The lowest BCUT2D eigenvalue weighted by Crippen LogP contribution is -2.10. The number of nitrogens with zero attached hydrogens (tertiary/aromatic N) is 2. The first-order chi connectivity index (χ1) is 11.1. The minimum absolute atomic E-state index is 0.451. The second kappa shape index (κ2) is 6.21. The number of hydrogen-bond donors (Lipinski definition) is 2. The maximum atomic E-state index is 11.1. The molecule has 0 aliphatic carbocycles. The summed E-state index contributed by atoms with van der Waals surface area (Å²) in [5.41, 5.74) is 7.19. The van der Waals surface area contributed by atoms with Gasteiger partial charge in [-0.15, -0.1) is 0 Å². The van der Waals surface area contributed by atoms with Crippen molar-refractivity contribution >= 4 is 44.2 Å². The number of ether oxygens (including phenoxy) is 1. The Morgan fingerprint density at radius 3 is 2.61 bits per heavy atom. The van der Waals surface area contributed by atoms with Crippen molar-refractivity contribution in [3.8, 4) is 5.75 Å². The van der Waals surface area contributed by atoms with E-state index >= 15 is 0 Å². The first-order valence-electron chi connectivity index (χ1n) is 6.73. The quantitative estimate of drug-likeness (QED) is 0.733. The van der Waals surface area contributed by atoms with Crippen LogP contribution in [0.4, 0.5) is 11.5 Å². The predicted molar refractivity (Wildman–Crippen MR) is 92.0 cm³/mol. The van der Waals surface area contributed by atoms with Gasteiger partial charge in [0.1, 0.15) is 23.4 Å². The number of nitrogens with two attached hydrogens (primary N) is 1. The first kappa shape index (κ1) is 15.2. The maximum absolute atomic E-state index is 11.1. The summed E-state index contributed by atoms with van der Waals surface area (Å²) in [5.74, 6) is 0.836. The Morgan fingerprint density at radius 2 is 1.96 bits per heavy atom. The van der Waals surface area contributed by atoms with E-state index in [9.17, 15) is 4.79 Å². The van der Waals surface area contributed by atoms with Gasteiger partial charge in [-0.25, -0.2) is 9.97 Å². The normalized spacial score (nSPS) is 10.5. The van der Waals surface area contributed by atoms with Crippen LogP contribution in [0.15, 0.2) is 47.2 Å². The van der Waals surface area contributed by atoms with Gasteiger partial charge in [-0.05, 0) is 36.4 Å². The molecule has 0 saturated carbocycles. The molecule has 0 aliphatic heterocycles. The Kier molecular flexibility index (Phi) is 4.12. The zero-order valence-electron chi connectivity index (χ0n) is 12.2. The van der Waals surface area contributed by atoms with Crippen molar-refractivity contribution in [1.29, 1.82) is 0 Å². The highest BCUT2D eigenvalue weighted by molar-refractivity contribution is 9.10. The molecule has 0 spiro atoms. The number of anilines is 2. The summed E-state index contributed by atoms with van der Waals surface area (Å²) in [6, 6.07) is 10.6. The Hall–Kier alpha value is -2.67. The SMILES string of the molecule is COc1cc(Br)cc2c(Nc3ccc(C(N)=O)cc3)ncnc12. The standard InChI is InChI=1S/C16H13BrN4O2/c1-23-13-7-10(17)6-12-14(13)19-8-20-16(12)21-11-4-2-9(3-5-11)15(18)22/h2-8H,1H3,(H2,18,22)(H,19,20,21). The number of hydrogen-bond acceptors (Lipinski definition) is 5. The smallest absolute Gasteiger partial charge is 0.248 e. The third-order valence-corrected chi connectivity index (χ3v) is 3.78. The lowest BCUT2D eigenvalue weighted by Gasteiger charge is -2.11. The molecule has 116 valence electrons. The summed E-state index contributed by atoms with van der Waals surface area (Å²) in [6.45, 7) is 0. The molecular formula is C16H13BrN4O2. The monoisotopic (exact) mass is 372 g/mol. The number of benzene rings is 2. The molecule has 6 nitrogen and oxygen atoms in total. The summed E-state index contributed by atoms with van der Waals surface area (Å²) >= 11 is 3.45. The highest BCUT2D eigenvalue weighted by atomic mass is 79.9. The number of carbonyl (C=O) groups is 1. The number of carbonyl (C=O) groups excluding carboxylic acids is 1. The van der Waals surface area contributed by atoms with Crippen molar-refractivity contribution in [2.45, 2.75) is 0 Å². The van der Waals surface area contributed by atoms with Crippen molar-refractivity contribution < 1.29 is 9.53 Å². The molecule has 0 saturated heterocycles. The van der Waals surface area contributed by atoms with Crippen molar-refractivity contribution in [1.82, 2.24) is 9.97 Å².